The number of nitrogens with one attached hydrogen (secondary N) is 1. The van der Waals surface area contributed by atoms with Gasteiger partial charge < -0.3 is 11.1 Å². The largest absolute Gasteiger partial charge is 0.391 e. The first-order chi connectivity index (χ1) is 8.94. The van der Waals surface area contributed by atoms with Gasteiger partial charge in [0.1, 0.15) is 0 Å². The summed E-state index contributed by atoms with van der Waals surface area (Å²) in [6.07, 6.45) is 3.64. The van der Waals surface area contributed by atoms with Crippen LogP contribution in [0.15, 0.2) is 22.7 Å². The van der Waals surface area contributed by atoms with Gasteiger partial charge in [-0.1, -0.05) is 36.7 Å². The van der Waals surface area contributed by atoms with E-state index < -0.39 is 5.54 Å². The number of hydrogen-bond acceptors (Lipinski definition) is 2. The Kier molecular flexibility index (Phi) is 4.48. The molecule has 1 aliphatic rings. The minimum atomic E-state index is -0.547. The molecule has 0 bridgehead atoms. The van der Waals surface area contributed by atoms with E-state index in [1.807, 2.05) is 0 Å². The van der Waals surface area contributed by atoms with Crippen LogP contribution in [-0.4, -0.2) is 16.4 Å². The van der Waals surface area contributed by atoms with Gasteiger partial charge in [0.25, 0.3) is 5.91 Å². The van der Waals surface area contributed by atoms with Crippen LogP contribution in [-0.2, 0) is 0 Å². The van der Waals surface area contributed by atoms with Crippen LogP contribution in [0.4, 0.5) is 0 Å². The number of halogens is 2. The molecule has 1 fully saturated rings. The third-order valence-electron chi connectivity index (χ3n) is 3.45. The smallest absolute Gasteiger partial charge is 0.253 e. The number of nitrogens with two attached hydrogens (primary N) is 1. The van der Waals surface area contributed by atoms with Crippen molar-refractivity contribution in [1.82, 2.24) is 5.32 Å². The van der Waals surface area contributed by atoms with Crippen LogP contribution < -0.4 is 11.1 Å². The average molecular weight is 362 g/mol. The van der Waals surface area contributed by atoms with Crippen LogP contribution in [0, 0.1) is 0 Å². The van der Waals surface area contributed by atoms with Gasteiger partial charge in [-0.15, -0.1) is 0 Å². The standard InChI is InChI=1S/C13H14BrClN2OS/c14-10-4-3-8(15)7-9(10)11(18)17-13(12(16)19)5-1-2-6-13/h3-4,7H,1-2,5-6H2,(H2,16,19)(H,17,18). The predicted octanol–water partition coefficient (Wildman–Crippen LogP) is 3.43. The third kappa shape index (κ3) is 3.09. The second-order valence-corrected chi connectivity index (χ2v) is 6.46. The molecule has 0 spiro atoms. The number of amides is 1. The summed E-state index contributed by atoms with van der Waals surface area (Å²) in [5, 5.41) is 3.50. The fraction of sp³-hybridized carbons (Fsp3) is 0.385. The lowest BCUT2D eigenvalue weighted by Gasteiger charge is -2.29. The Morgan fingerprint density at radius 1 is 1.42 bits per heavy atom. The number of benzene rings is 1. The highest BCUT2D eigenvalue weighted by Gasteiger charge is 2.38. The molecule has 0 saturated heterocycles. The summed E-state index contributed by atoms with van der Waals surface area (Å²) in [6, 6.07) is 5.10. The van der Waals surface area contributed by atoms with Crippen LogP contribution >= 0.6 is 39.7 Å². The number of thiocarbonyl (C=S) groups is 1. The molecule has 1 aliphatic carbocycles. The zero-order valence-corrected chi connectivity index (χ0v) is 13.4. The summed E-state index contributed by atoms with van der Waals surface area (Å²) in [7, 11) is 0. The molecule has 6 heteroatoms. The van der Waals surface area contributed by atoms with Crippen molar-refractivity contribution in [3.05, 3.63) is 33.3 Å². The lowest BCUT2D eigenvalue weighted by Crippen LogP contribution is -2.54. The van der Waals surface area contributed by atoms with Gasteiger partial charge in [0.2, 0.25) is 0 Å². The second-order valence-electron chi connectivity index (χ2n) is 4.73. The first kappa shape index (κ1) is 14.8. The van der Waals surface area contributed by atoms with Gasteiger partial charge in [-0.3, -0.25) is 4.79 Å². The van der Waals surface area contributed by atoms with Crippen molar-refractivity contribution in [2.24, 2.45) is 5.73 Å². The Bertz CT molecular complexity index is 529. The van der Waals surface area contributed by atoms with Gasteiger partial charge in [-0.25, -0.2) is 0 Å². The first-order valence-electron chi connectivity index (χ1n) is 6.02. The molecule has 1 amide bonds. The summed E-state index contributed by atoms with van der Waals surface area (Å²) < 4.78 is 0.700. The second kappa shape index (κ2) is 5.77. The highest BCUT2D eigenvalue weighted by molar-refractivity contribution is 9.10. The molecule has 1 saturated carbocycles. The number of rotatable bonds is 3. The number of hydrogen-bond donors (Lipinski definition) is 2. The zero-order valence-electron chi connectivity index (χ0n) is 10.2. The summed E-state index contributed by atoms with van der Waals surface area (Å²) in [5.74, 6) is -0.205. The zero-order chi connectivity index (χ0) is 14.0. The molecule has 0 aliphatic heterocycles. The predicted molar refractivity (Wildman–Crippen MR) is 84.6 cm³/mol. The molecular formula is C13H14BrClN2OS. The van der Waals surface area contributed by atoms with Crippen molar-refractivity contribution in [2.45, 2.75) is 31.2 Å². The Labute approximate surface area is 131 Å². The molecule has 1 aromatic rings. The van der Waals surface area contributed by atoms with Crippen LogP contribution in [0.2, 0.25) is 5.02 Å². The van der Waals surface area contributed by atoms with Gasteiger partial charge >= 0.3 is 0 Å². The quantitative estimate of drug-likeness (QED) is 0.811. The first-order valence-corrected chi connectivity index (χ1v) is 7.60. The van der Waals surface area contributed by atoms with Gasteiger partial charge in [-0.05, 0) is 47.0 Å². The van der Waals surface area contributed by atoms with E-state index in [9.17, 15) is 4.79 Å². The molecule has 0 unspecified atom stereocenters. The van der Waals surface area contributed by atoms with Crippen LogP contribution in [0.3, 0.4) is 0 Å². The minimum absolute atomic E-state index is 0.205. The van der Waals surface area contributed by atoms with Gasteiger partial charge in [-0.2, -0.15) is 0 Å². The van der Waals surface area contributed by atoms with E-state index in [0.717, 1.165) is 25.7 Å². The molecule has 19 heavy (non-hydrogen) atoms. The molecule has 2 rings (SSSR count). The molecule has 102 valence electrons. The van der Waals surface area contributed by atoms with E-state index >= 15 is 0 Å². The normalized spacial score (nSPS) is 17.2. The van der Waals surface area contributed by atoms with Gasteiger partial charge in [0.15, 0.2) is 0 Å². The maximum Gasteiger partial charge on any atom is 0.253 e. The summed E-state index contributed by atoms with van der Waals surface area (Å²) in [5.41, 5.74) is 5.75. The van der Waals surface area contributed by atoms with Gasteiger partial charge in [0, 0.05) is 9.50 Å². The van der Waals surface area contributed by atoms with Crippen molar-refractivity contribution in [3.8, 4) is 0 Å². The number of carbonyl (C=O) groups excluding carboxylic acids is 1. The van der Waals surface area contributed by atoms with E-state index in [4.69, 9.17) is 29.6 Å². The fourth-order valence-electron chi connectivity index (χ4n) is 2.37. The van der Waals surface area contributed by atoms with Crippen LogP contribution in [0.1, 0.15) is 36.0 Å². The highest BCUT2D eigenvalue weighted by Crippen LogP contribution is 2.31. The maximum atomic E-state index is 12.4. The summed E-state index contributed by atoms with van der Waals surface area (Å²) in [4.78, 5) is 12.7. The maximum absolute atomic E-state index is 12.4. The highest BCUT2D eigenvalue weighted by atomic mass is 79.9. The van der Waals surface area contributed by atoms with Crippen molar-refractivity contribution in [3.63, 3.8) is 0 Å². The van der Waals surface area contributed by atoms with Gasteiger partial charge in [0.05, 0.1) is 16.1 Å². The molecule has 0 radical (unpaired) electrons. The molecule has 0 atom stereocenters. The topological polar surface area (TPSA) is 55.1 Å². The Balaban J connectivity index is 2.25. The van der Waals surface area contributed by atoms with E-state index in [0.29, 0.717) is 20.0 Å². The minimum Gasteiger partial charge on any atom is -0.391 e. The van der Waals surface area contributed by atoms with E-state index in [1.54, 1.807) is 18.2 Å². The van der Waals surface area contributed by atoms with Crippen molar-refractivity contribution >= 4 is 50.6 Å². The molecule has 3 N–H and O–H groups in total. The van der Waals surface area contributed by atoms with E-state index in [1.165, 1.54) is 0 Å². The summed E-state index contributed by atoms with van der Waals surface area (Å²) >= 11 is 14.4. The molecular weight excluding hydrogens is 348 g/mol. The van der Waals surface area contributed by atoms with Crippen LogP contribution in [0.5, 0.6) is 0 Å². The average Bonchev–Trinajstić information content (AvgIpc) is 2.82. The van der Waals surface area contributed by atoms with Crippen molar-refractivity contribution in [2.75, 3.05) is 0 Å². The SMILES string of the molecule is NC(=S)C1(NC(=O)c2cc(Cl)ccc2Br)CCCC1. The van der Waals surface area contributed by atoms with Crippen molar-refractivity contribution < 1.29 is 4.79 Å². The Morgan fingerprint density at radius 3 is 2.63 bits per heavy atom. The Morgan fingerprint density at radius 2 is 2.05 bits per heavy atom. The lowest BCUT2D eigenvalue weighted by molar-refractivity contribution is 0.0923. The summed E-state index contributed by atoms with van der Waals surface area (Å²) in [6.45, 7) is 0. The Hall–Kier alpha value is -0.650. The molecule has 1 aromatic carbocycles. The van der Waals surface area contributed by atoms with E-state index in [2.05, 4.69) is 21.2 Å². The van der Waals surface area contributed by atoms with E-state index in [-0.39, 0.29) is 5.91 Å². The van der Waals surface area contributed by atoms with Crippen LogP contribution in [0.25, 0.3) is 0 Å². The fourth-order valence-corrected chi connectivity index (χ4v) is 3.22. The monoisotopic (exact) mass is 360 g/mol. The van der Waals surface area contributed by atoms with Crippen molar-refractivity contribution in [1.29, 1.82) is 0 Å². The molecule has 0 heterocycles. The molecule has 0 aromatic heterocycles. The lowest BCUT2D eigenvalue weighted by atomic mass is 9.97. The third-order valence-corrected chi connectivity index (χ3v) is 4.77. The molecule has 3 nitrogen and oxygen atoms in total. The number of carbonyl (C=O) groups is 1.